The lowest BCUT2D eigenvalue weighted by Crippen LogP contribution is -2.56. The summed E-state index contributed by atoms with van der Waals surface area (Å²) in [5.74, 6) is -2.56. The first-order chi connectivity index (χ1) is 21.3. The van der Waals surface area contributed by atoms with Gasteiger partial charge in [-0.05, 0) is 36.2 Å². The number of rotatable bonds is 7. The quantitative estimate of drug-likeness (QED) is 0.353. The Labute approximate surface area is 258 Å². The zero-order valence-corrected chi connectivity index (χ0v) is 25.0. The average molecular weight is 683 g/mol. The number of likely N-dealkylation sites (tertiary alicyclic amines) is 1. The minimum Gasteiger partial charge on any atom is -0.368 e. The van der Waals surface area contributed by atoms with Crippen LogP contribution in [-0.4, -0.2) is 99.2 Å². The predicted octanol–water partition coefficient (Wildman–Crippen LogP) is 3.31. The molecule has 2 aliphatic rings. The third-order valence-electron chi connectivity index (χ3n) is 8.18. The van der Waals surface area contributed by atoms with Crippen LogP contribution in [0.15, 0.2) is 53.4 Å². The highest BCUT2D eigenvalue weighted by Crippen LogP contribution is 2.53. The summed E-state index contributed by atoms with van der Waals surface area (Å²) in [6, 6.07) is 5.38. The van der Waals surface area contributed by atoms with E-state index in [1.807, 2.05) is 0 Å². The van der Waals surface area contributed by atoms with E-state index in [2.05, 4.69) is 4.74 Å². The molecule has 0 bridgehead atoms. The van der Waals surface area contributed by atoms with Crippen molar-refractivity contribution in [3.8, 4) is 0 Å². The van der Waals surface area contributed by atoms with E-state index in [1.165, 1.54) is 21.6 Å². The maximum Gasteiger partial charge on any atom is 0.430 e. The molecule has 2 fully saturated rings. The highest BCUT2D eigenvalue weighted by Gasteiger charge is 2.73. The van der Waals surface area contributed by atoms with E-state index in [0.29, 0.717) is 12.1 Å². The molecule has 10 nitrogen and oxygen atoms in total. The van der Waals surface area contributed by atoms with Gasteiger partial charge in [0.2, 0.25) is 11.8 Å². The van der Waals surface area contributed by atoms with Crippen LogP contribution >= 0.6 is 0 Å². The van der Waals surface area contributed by atoms with Crippen LogP contribution in [0.3, 0.4) is 0 Å². The van der Waals surface area contributed by atoms with Gasteiger partial charge < -0.3 is 25.2 Å². The SMILES string of the molecule is CC(=O)N1CCN(C(=O)N2CCC(c3ccc(C(OCC(N)=O)(C(F)(F)F)C(F)(F)F)cc3)(S(=O)(=O)c3ccc(F)cc3)C2)CC1. The molecule has 18 heteroatoms. The smallest absolute Gasteiger partial charge is 0.368 e. The molecule has 0 aromatic heterocycles. The zero-order chi connectivity index (χ0) is 34.3. The molecule has 46 heavy (non-hydrogen) atoms. The number of hydrogen-bond acceptors (Lipinski definition) is 6. The molecule has 2 N–H and O–H groups in total. The van der Waals surface area contributed by atoms with E-state index in [1.54, 1.807) is 0 Å². The van der Waals surface area contributed by atoms with Gasteiger partial charge in [-0.1, -0.05) is 24.3 Å². The van der Waals surface area contributed by atoms with Crippen molar-refractivity contribution in [1.82, 2.24) is 14.7 Å². The van der Waals surface area contributed by atoms with Crippen molar-refractivity contribution in [2.45, 2.75) is 40.9 Å². The van der Waals surface area contributed by atoms with E-state index in [4.69, 9.17) is 5.73 Å². The monoisotopic (exact) mass is 682 g/mol. The molecule has 0 spiro atoms. The number of piperazine rings is 1. The van der Waals surface area contributed by atoms with Gasteiger partial charge in [0, 0.05) is 51.8 Å². The van der Waals surface area contributed by atoms with E-state index in [0.717, 1.165) is 36.4 Å². The second kappa shape index (κ2) is 12.4. The molecule has 0 saturated carbocycles. The second-order valence-corrected chi connectivity index (χ2v) is 13.2. The van der Waals surface area contributed by atoms with Gasteiger partial charge in [0.1, 0.15) is 17.2 Å². The number of primary amides is 1. The Kier molecular flexibility index (Phi) is 9.38. The van der Waals surface area contributed by atoms with Crippen LogP contribution in [-0.2, 0) is 34.5 Å². The lowest BCUT2D eigenvalue weighted by atomic mass is 9.88. The molecule has 2 aromatic carbocycles. The van der Waals surface area contributed by atoms with Gasteiger partial charge in [0.15, 0.2) is 9.84 Å². The molecule has 4 rings (SSSR count). The van der Waals surface area contributed by atoms with Gasteiger partial charge in [0.25, 0.3) is 5.60 Å². The maximum atomic E-state index is 14.2. The summed E-state index contributed by atoms with van der Waals surface area (Å²) in [5.41, 5.74) is -1.96. The zero-order valence-electron chi connectivity index (χ0n) is 24.2. The summed E-state index contributed by atoms with van der Waals surface area (Å²) < 4.78 is 129. The van der Waals surface area contributed by atoms with Gasteiger partial charge in [0.05, 0.1) is 4.90 Å². The Morgan fingerprint density at radius 2 is 1.35 bits per heavy atom. The molecular formula is C28H29F7N4O6S. The summed E-state index contributed by atoms with van der Waals surface area (Å²) in [4.78, 5) is 40.0. The first-order valence-electron chi connectivity index (χ1n) is 13.7. The fraction of sp³-hybridized carbons (Fsp3) is 0.464. The van der Waals surface area contributed by atoms with Crippen LogP contribution in [0.2, 0.25) is 0 Å². The molecule has 4 amide bonds. The lowest BCUT2D eigenvalue weighted by Gasteiger charge is -2.38. The fourth-order valence-electron chi connectivity index (χ4n) is 5.73. The summed E-state index contributed by atoms with van der Waals surface area (Å²) >= 11 is 0. The maximum absolute atomic E-state index is 14.2. The largest absolute Gasteiger partial charge is 0.430 e. The van der Waals surface area contributed by atoms with Crippen molar-refractivity contribution in [2.24, 2.45) is 5.73 Å². The van der Waals surface area contributed by atoms with Crippen molar-refractivity contribution in [1.29, 1.82) is 0 Å². The van der Waals surface area contributed by atoms with Crippen LogP contribution in [0, 0.1) is 5.82 Å². The van der Waals surface area contributed by atoms with Crippen LogP contribution in [0.25, 0.3) is 0 Å². The summed E-state index contributed by atoms with van der Waals surface area (Å²) in [7, 11) is -4.58. The molecule has 0 radical (unpaired) electrons. The van der Waals surface area contributed by atoms with E-state index < -0.39 is 73.9 Å². The molecule has 1 unspecified atom stereocenters. The Hall–Kier alpha value is -3.93. The average Bonchev–Trinajstić information content (AvgIpc) is 3.43. The topological polar surface area (TPSA) is 130 Å². The highest BCUT2D eigenvalue weighted by atomic mass is 32.2. The Morgan fingerprint density at radius 1 is 0.826 bits per heavy atom. The van der Waals surface area contributed by atoms with Gasteiger partial charge >= 0.3 is 18.4 Å². The van der Waals surface area contributed by atoms with Crippen molar-refractivity contribution in [2.75, 3.05) is 45.9 Å². The van der Waals surface area contributed by atoms with Crippen LogP contribution in [0.4, 0.5) is 35.5 Å². The number of hydrogen-bond donors (Lipinski definition) is 1. The first kappa shape index (κ1) is 34.9. The van der Waals surface area contributed by atoms with Crippen molar-refractivity contribution in [3.05, 3.63) is 65.5 Å². The third kappa shape index (κ3) is 6.11. The number of benzene rings is 2. The molecule has 1 atom stereocenters. The fourth-order valence-corrected chi connectivity index (χ4v) is 7.81. The van der Waals surface area contributed by atoms with E-state index in [-0.39, 0.29) is 50.6 Å². The number of alkyl halides is 6. The number of carbonyl (C=O) groups is 3. The predicted molar refractivity (Wildman–Crippen MR) is 146 cm³/mol. The molecular weight excluding hydrogens is 653 g/mol. The summed E-state index contributed by atoms with van der Waals surface area (Å²) in [5, 5.41) is 0. The first-order valence-corrected chi connectivity index (χ1v) is 15.2. The molecule has 252 valence electrons. The second-order valence-electron chi connectivity index (χ2n) is 10.9. The van der Waals surface area contributed by atoms with Crippen molar-refractivity contribution in [3.63, 3.8) is 0 Å². The molecule has 2 aliphatic heterocycles. The van der Waals surface area contributed by atoms with E-state index in [9.17, 15) is 53.5 Å². The standard InChI is InChI=1S/C28H29F7N4O6S/c1-18(40)37-12-14-38(15-13-37)24(42)39-11-10-25(17-39,46(43,44)22-8-6-21(29)7-9-22)19-2-4-20(5-3-19)26(27(30,31)32,28(33,34)35)45-16-23(36)41/h2-9H,10-17H2,1H3,(H2,36,41). The molecule has 2 aromatic rings. The number of nitrogens with two attached hydrogens (primary N) is 1. The van der Waals surface area contributed by atoms with Crippen molar-refractivity contribution >= 4 is 27.7 Å². The summed E-state index contributed by atoms with van der Waals surface area (Å²) in [6.07, 6.45) is -12.6. The van der Waals surface area contributed by atoms with Crippen molar-refractivity contribution < 1.29 is 58.3 Å². The Bertz CT molecular complexity index is 1560. The number of urea groups is 1. The number of nitrogens with zero attached hydrogens (tertiary/aromatic N) is 3. The van der Waals surface area contributed by atoms with Crippen LogP contribution < -0.4 is 5.73 Å². The molecule has 2 saturated heterocycles. The minimum absolute atomic E-state index is 0.142. The number of amides is 4. The minimum atomic E-state index is -6.14. The van der Waals surface area contributed by atoms with E-state index >= 15 is 0 Å². The van der Waals surface area contributed by atoms with Crippen LogP contribution in [0.1, 0.15) is 24.5 Å². The number of sulfone groups is 1. The third-order valence-corrected chi connectivity index (χ3v) is 10.7. The molecule has 0 aliphatic carbocycles. The van der Waals surface area contributed by atoms with Gasteiger partial charge in [-0.2, -0.15) is 26.3 Å². The number of carbonyl (C=O) groups excluding carboxylic acids is 3. The number of halogens is 7. The van der Waals surface area contributed by atoms with Gasteiger partial charge in [-0.3, -0.25) is 9.59 Å². The van der Waals surface area contributed by atoms with Crippen LogP contribution in [0.5, 0.6) is 0 Å². The Morgan fingerprint density at radius 3 is 1.83 bits per heavy atom. The summed E-state index contributed by atoms with van der Waals surface area (Å²) in [6.45, 7) is -0.324. The Balaban J connectivity index is 1.78. The number of ether oxygens (including phenoxy) is 1. The molecule has 2 heterocycles. The van der Waals surface area contributed by atoms with Gasteiger partial charge in [-0.25, -0.2) is 17.6 Å². The normalized spacial score (nSPS) is 19.8. The highest BCUT2D eigenvalue weighted by molar-refractivity contribution is 7.92. The lowest BCUT2D eigenvalue weighted by molar-refractivity contribution is -0.387. The van der Waals surface area contributed by atoms with Gasteiger partial charge in [-0.15, -0.1) is 0 Å².